The molecule has 1 aromatic carbocycles. The van der Waals surface area contributed by atoms with E-state index in [9.17, 15) is 24.4 Å². The fourth-order valence-corrected chi connectivity index (χ4v) is 3.07. The number of aliphatic carboxylic acids is 1. The lowest BCUT2D eigenvalue weighted by molar-refractivity contribution is -0.384. The molecule has 1 saturated heterocycles. The highest BCUT2D eigenvalue weighted by Gasteiger charge is 2.43. The van der Waals surface area contributed by atoms with Gasteiger partial charge < -0.3 is 10.0 Å². The Morgan fingerprint density at radius 1 is 1.52 bits per heavy atom. The van der Waals surface area contributed by atoms with Gasteiger partial charge in [-0.15, -0.1) is 0 Å². The number of hydrogen-bond acceptors (Lipinski definition) is 4. The maximum absolute atomic E-state index is 13.8. The summed E-state index contributed by atoms with van der Waals surface area (Å²) in [6.45, 7) is 1.87. The lowest BCUT2D eigenvalue weighted by Gasteiger charge is -2.42. The second-order valence-corrected chi connectivity index (χ2v) is 6.36. The van der Waals surface area contributed by atoms with Crippen molar-refractivity contribution in [2.24, 2.45) is 0 Å². The fraction of sp³-hybridized carbons (Fsp3) is 0.462. The normalized spacial score (nSPS) is 22.1. The SMILES string of the molecule is CC1(C(=O)O)CCCCN1c1cc(F)c(I)cc1[N+](=O)[O-]. The van der Waals surface area contributed by atoms with Gasteiger partial charge in [-0.05, 0) is 48.8 Å². The summed E-state index contributed by atoms with van der Waals surface area (Å²) in [5, 5.41) is 20.7. The Balaban J connectivity index is 2.60. The molecule has 21 heavy (non-hydrogen) atoms. The van der Waals surface area contributed by atoms with E-state index in [2.05, 4.69) is 0 Å². The molecule has 0 aromatic heterocycles. The monoisotopic (exact) mass is 408 g/mol. The summed E-state index contributed by atoms with van der Waals surface area (Å²) in [5.74, 6) is -1.65. The maximum atomic E-state index is 13.8. The molecule has 1 N–H and O–H groups in total. The van der Waals surface area contributed by atoms with Crippen LogP contribution in [0.25, 0.3) is 0 Å². The van der Waals surface area contributed by atoms with Crippen molar-refractivity contribution in [3.63, 3.8) is 0 Å². The number of nitro groups is 1. The number of carboxylic acids is 1. The van der Waals surface area contributed by atoms with Crippen LogP contribution in [-0.2, 0) is 4.79 Å². The van der Waals surface area contributed by atoms with Crippen molar-refractivity contribution in [1.82, 2.24) is 0 Å². The summed E-state index contributed by atoms with van der Waals surface area (Å²) in [7, 11) is 0. The highest BCUT2D eigenvalue weighted by molar-refractivity contribution is 14.1. The Kier molecular flexibility index (Phi) is 4.35. The van der Waals surface area contributed by atoms with Crippen LogP contribution in [0.5, 0.6) is 0 Å². The third kappa shape index (κ3) is 2.81. The van der Waals surface area contributed by atoms with E-state index in [-0.39, 0.29) is 14.9 Å². The van der Waals surface area contributed by atoms with Crippen molar-refractivity contribution in [2.75, 3.05) is 11.4 Å². The number of carboxylic acid groups (broad SMARTS) is 1. The first-order valence-corrected chi connectivity index (χ1v) is 7.49. The molecular formula is C13H14FIN2O4. The first kappa shape index (κ1) is 15.9. The largest absolute Gasteiger partial charge is 0.480 e. The van der Waals surface area contributed by atoms with Gasteiger partial charge in [0.25, 0.3) is 5.69 Å². The number of nitro benzene ring substituents is 1. The third-order valence-corrected chi connectivity index (χ3v) is 4.68. The van der Waals surface area contributed by atoms with Crippen LogP contribution in [0, 0.1) is 19.5 Å². The van der Waals surface area contributed by atoms with Crippen LogP contribution in [-0.4, -0.2) is 28.1 Å². The van der Waals surface area contributed by atoms with Gasteiger partial charge in [0, 0.05) is 18.7 Å². The summed E-state index contributed by atoms with van der Waals surface area (Å²) in [6.07, 6.45) is 1.81. The molecule has 1 heterocycles. The van der Waals surface area contributed by atoms with Crippen molar-refractivity contribution in [2.45, 2.75) is 31.7 Å². The standard InChI is InChI=1S/C13H14FIN2O4/c1-13(12(18)19)4-2-3-5-16(13)10-6-8(14)9(15)7-11(10)17(20)21/h6-7H,2-5H2,1H3,(H,18,19). The molecule has 0 saturated carbocycles. The van der Waals surface area contributed by atoms with Crippen LogP contribution >= 0.6 is 22.6 Å². The molecule has 2 rings (SSSR count). The maximum Gasteiger partial charge on any atom is 0.329 e. The Labute approximate surface area is 134 Å². The Bertz CT molecular complexity index is 610. The molecule has 0 bridgehead atoms. The van der Waals surface area contributed by atoms with Gasteiger partial charge in [-0.3, -0.25) is 10.1 Å². The van der Waals surface area contributed by atoms with E-state index in [4.69, 9.17) is 0 Å². The van der Waals surface area contributed by atoms with E-state index in [0.29, 0.717) is 19.4 Å². The molecule has 1 unspecified atom stereocenters. The average molecular weight is 408 g/mol. The highest BCUT2D eigenvalue weighted by Crippen LogP contribution is 2.39. The minimum absolute atomic E-state index is 0.0301. The van der Waals surface area contributed by atoms with Gasteiger partial charge in [0.1, 0.15) is 17.0 Å². The van der Waals surface area contributed by atoms with Crippen molar-refractivity contribution < 1.29 is 19.2 Å². The molecule has 114 valence electrons. The topological polar surface area (TPSA) is 83.7 Å². The van der Waals surface area contributed by atoms with Gasteiger partial charge in [-0.2, -0.15) is 0 Å². The molecule has 0 aliphatic carbocycles. The van der Waals surface area contributed by atoms with E-state index in [1.165, 1.54) is 11.8 Å². The molecular weight excluding hydrogens is 394 g/mol. The van der Waals surface area contributed by atoms with Gasteiger partial charge in [0.05, 0.1) is 8.49 Å². The molecule has 1 aromatic rings. The predicted molar refractivity (Wildman–Crippen MR) is 83.0 cm³/mol. The molecule has 6 nitrogen and oxygen atoms in total. The van der Waals surface area contributed by atoms with Gasteiger partial charge in [0.2, 0.25) is 0 Å². The summed E-state index contributed by atoms with van der Waals surface area (Å²) in [6, 6.07) is 2.20. The zero-order chi connectivity index (χ0) is 15.8. The van der Waals surface area contributed by atoms with Crippen LogP contribution in [0.15, 0.2) is 12.1 Å². The van der Waals surface area contributed by atoms with Crippen LogP contribution in [0.1, 0.15) is 26.2 Å². The second kappa shape index (κ2) is 5.74. The summed E-state index contributed by atoms with van der Waals surface area (Å²) >= 11 is 1.68. The summed E-state index contributed by atoms with van der Waals surface area (Å²) in [4.78, 5) is 23.6. The van der Waals surface area contributed by atoms with E-state index >= 15 is 0 Å². The minimum atomic E-state index is -1.26. The summed E-state index contributed by atoms with van der Waals surface area (Å²) in [5.41, 5.74) is -1.50. The van der Waals surface area contributed by atoms with Crippen molar-refractivity contribution in [1.29, 1.82) is 0 Å². The number of hydrogen-bond donors (Lipinski definition) is 1. The molecule has 1 atom stereocenters. The summed E-state index contributed by atoms with van der Waals surface area (Å²) < 4.78 is 14.0. The number of benzene rings is 1. The number of halogens is 2. The van der Waals surface area contributed by atoms with Crippen LogP contribution in [0.2, 0.25) is 0 Å². The quantitative estimate of drug-likeness (QED) is 0.472. The van der Waals surface area contributed by atoms with Gasteiger partial charge in [-0.25, -0.2) is 9.18 Å². The molecule has 0 radical (unpaired) electrons. The lowest BCUT2D eigenvalue weighted by atomic mass is 9.87. The van der Waals surface area contributed by atoms with Crippen molar-refractivity contribution in [3.8, 4) is 0 Å². The van der Waals surface area contributed by atoms with Gasteiger partial charge in [0.15, 0.2) is 0 Å². The zero-order valence-electron chi connectivity index (χ0n) is 11.3. The highest BCUT2D eigenvalue weighted by atomic mass is 127. The molecule has 0 amide bonds. The number of anilines is 1. The third-order valence-electron chi connectivity index (χ3n) is 3.86. The van der Waals surface area contributed by atoms with Gasteiger partial charge >= 0.3 is 5.97 Å². The number of rotatable bonds is 3. The molecule has 1 fully saturated rings. The first-order valence-electron chi connectivity index (χ1n) is 6.42. The molecule has 1 aliphatic heterocycles. The molecule has 1 aliphatic rings. The number of carbonyl (C=O) groups is 1. The van der Waals surface area contributed by atoms with Crippen molar-refractivity contribution >= 4 is 39.9 Å². The van der Waals surface area contributed by atoms with Crippen LogP contribution in [0.4, 0.5) is 15.8 Å². The van der Waals surface area contributed by atoms with Crippen molar-refractivity contribution in [3.05, 3.63) is 31.6 Å². The Morgan fingerprint density at radius 3 is 2.76 bits per heavy atom. The fourth-order valence-electron chi connectivity index (χ4n) is 2.62. The Hall–Kier alpha value is -1.45. The first-order chi connectivity index (χ1) is 9.77. The van der Waals surface area contributed by atoms with E-state index in [1.807, 2.05) is 0 Å². The van der Waals surface area contributed by atoms with E-state index in [0.717, 1.165) is 18.6 Å². The predicted octanol–water partition coefficient (Wildman–Crippen LogP) is 3.17. The van der Waals surface area contributed by atoms with E-state index in [1.54, 1.807) is 22.6 Å². The lowest BCUT2D eigenvalue weighted by Crippen LogP contribution is -2.55. The molecule has 0 spiro atoms. The smallest absolute Gasteiger partial charge is 0.329 e. The number of piperidine rings is 1. The number of nitrogens with zero attached hydrogens (tertiary/aromatic N) is 2. The molecule has 8 heteroatoms. The van der Waals surface area contributed by atoms with Crippen LogP contribution in [0.3, 0.4) is 0 Å². The second-order valence-electron chi connectivity index (χ2n) is 5.20. The van der Waals surface area contributed by atoms with Gasteiger partial charge in [-0.1, -0.05) is 0 Å². The van der Waals surface area contributed by atoms with Crippen LogP contribution < -0.4 is 4.90 Å². The minimum Gasteiger partial charge on any atom is -0.480 e. The van der Waals surface area contributed by atoms with E-state index < -0.39 is 22.2 Å². The zero-order valence-corrected chi connectivity index (χ0v) is 13.5. The average Bonchev–Trinajstić information content (AvgIpc) is 2.41. The Morgan fingerprint density at radius 2 is 2.19 bits per heavy atom.